The van der Waals surface area contributed by atoms with Crippen molar-refractivity contribution in [1.29, 1.82) is 0 Å². The van der Waals surface area contributed by atoms with Gasteiger partial charge in [0.2, 0.25) is 0 Å². The van der Waals surface area contributed by atoms with E-state index in [1.54, 1.807) is 0 Å². The van der Waals surface area contributed by atoms with Crippen LogP contribution in [-0.2, 0) is 13.0 Å². The lowest BCUT2D eigenvalue weighted by Gasteiger charge is -2.14. The number of nitrogens with zero attached hydrogens (tertiary/aromatic N) is 1. The van der Waals surface area contributed by atoms with E-state index < -0.39 is 0 Å². The lowest BCUT2D eigenvalue weighted by Crippen LogP contribution is -2.22. The van der Waals surface area contributed by atoms with Crippen LogP contribution in [-0.4, -0.2) is 22.8 Å². The first-order valence-corrected chi connectivity index (χ1v) is 7.12. The zero-order valence-electron chi connectivity index (χ0n) is 12.3. The molecule has 0 spiro atoms. The molecule has 1 aromatic carbocycles. The molecule has 1 N–H and O–H groups in total. The maximum atomic E-state index is 9.33. The highest BCUT2D eigenvalue weighted by molar-refractivity contribution is 5.40. The molecule has 0 amide bonds. The summed E-state index contributed by atoms with van der Waals surface area (Å²) in [4.78, 5) is 4.27. The second-order valence-electron chi connectivity index (χ2n) is 5.42. The van der Waals surface area contributed by atoms with Crippen molar-refractivity contribution >= 4 is 0 Å². The number of aliphatic hydroxyl groups is 1. The third-order valence-electron chi connectivity index (χ3n) is 3.60. The smallest absolute Gasteiger partial charge is 0.143 e. The molecular weight excluding hydrogens is 266 g/mol. The Balaban J connectivity index is 1.65. The van der Waals surface area contributed by atoms with Gasteiger partial charge in [-0.05, 0) is 37.6 Å². The van der Waals surface area contributed by atoms with Crippen molar-refractivity contribution in [1.82, 2.24) is 4.98 Å². The highest BCUT2D eigenvalue weighted by atomic mass is 16.5. The lowest BCUT2D eigenvalue weighted by molar-refractivity contribution is 0.145. The molecule has 0 saturated carbocycles. The number of fused-ring (bicyclic) bond motifs is 1. The van der Waals surface area contributed by atoms with Gasteiger partial charge in [0.05, 0.1) is 6.61 Å². The molecule has 4 nitrogen and oxygen atoms in total. The van der Waals surface area contributed by atoms with E-state index in [0.717, 1.165) is 17.9 Å². The van der Waals surface area contributed by atoms with Crippen LogP contribution in [0.2, 0.25) is 0 Å². The van der Waals surface area contributed by atoms with E-state index in [1.165, 1.54) is 11.1 Å². The van der Waals surface area contributed by atoms with Gasteiger partial charge in [-0.1, -0.05) is 17.7 Å². The Morgan fingerprint density at radius 3 is 2.95 bits per heavy atom. The van der Waals surface area contributed by atoms with Crippen LogP contribution < -0.4 is 9.47 Å². The van der Waals surface area contributed by atoms with E-state index in [0.29, 0.717) is 18.1 Å². The van der Waals surface area contributed by atoms with Crippen LogP contribution >= 0.6 is 0 Å². The van der Waals surface area contributed by atoms with E-state index >= 15 is 0 Å². The van der Waals surface area contributed by atoms with Gasteiger partial charge in [0.1, 0.15) is 29.9 Å². The van der Waals surface area contributed by atoms with E-state index in [2.05, 4.69) is 24.0 Å². The van der Waals surface area contributed by atoms with Gasteiger partial charge in [-0.15, -0.1) is 0 Å². The van der Waals surface area contributed by atoms with Crippen molar-refractivity contribution in [2.24, 2.45) is 0 Å². The molecule has 2 aromatic rings. The van der Waals surface area contributed by atoms with Crippen molar-refractivity contribution in [3.8, 4) is 11.5 Å². The fourth-order valence-electron chi connectivity index (χ4n) is 2.57. The number of hydrogen-bond acceptors (Lipinski definition) is 4. The summed E-state index contributed by atoms with van der Waals surface area (Å²) in [6.45, 7) is 4.30. The number of aromatic nitrogens is 1. The molecule has 2 heterocycles. The van der Waals surface area contributed by atoms with E-state index in [4.69, 9.17) is 9.47 Å². The van der Waals surface area contributed by atoms with Crippen molar-refractivity contribution < 1.29 is 14.6 Å². The van der Waals surface area contributed by atoms with Crippen molar-refractivity contribution in [3.05, 3.63) is 52.8 Å². The molecule has 1 aromatic heterocycles. The SMILES string of the molecule is Cc1ccc2c(c1)CC(COc1ccc(C)nc1CO)O2. The Bertz CT molecular complexity index is 654. The second kappa shape index (κ2) is 5.74. The summed E-state index contributed by atoms with van der Waals surface area (Å²) in [5.74, 6) is 1.57. The molecule has 0 saturated heterocycles. The second-order valence-corrected chi connectivity index (χ2v) is 5.42. The number of aryl methyl sites for hydroxylation is 2. The van der Waals surface area contributed by atoms with E-state index in [9.17, 15) is 5.11 Å². The van der Waals surface area contributed by atoms with Crippen molar-refractivity contribution in [3.63, 3.8) is 0 Å². The molecule has 0 radical (unpaired) electrons. The van der Waals surface area contributed by atoms with Gasteiger partial charge in [-0.25, -0.2) is 0 Å². The number of aliphatic hydroxyl groups excluding tert-OH is 1. The largest absolute Gasteiger partial charge is 0.488 e. The maximum Gasteiger partial charge on any atom is 0.143 e. The quantitative estimate of drug-likeness (QED) is 0.938. The lowest BCUT2D eigenvalue weighted by atomic mass is 10.1. The highest BCUT2D eigenvalue weighted by Crippen LogP contribution is 2.30. The molecule has 1 aliphatic heterocycles. The monoisotopic (exact) mass is 285 g/mol. The zero-order valence-corrected chi connectivity index (χ0v) is 12.3. The molecule has 0 fully saturated rings. The fraction of sp³-hybridized carbons (Fsp3) is 0.353. The van der Waals surface area contributed by atoms with Crippen molar-refractivity contribution in [2.75, 3.05) is 6.61 Å². The number of pyridine rings is 1. The third kappa shape index (κ3) is 3.00. The summed E-state index contributed by atoms with van der Waals surface area (Å²) in [5.41, 5.74) is 3.91. The minimum absolute atomic E-state index is 0.00893. The van der Waals surface area contributed by atoms with Gasteiger partial charge < -0.3 is 14.6 Å². The predicted molar refractivity (Wildman–Crippen MR) is 79.7 cm³/mol. The Morgan fingerprint density at radius 1 is 1.29 bits per heavy atom. The Kier molecular flexibility index (Phi) is 3.80. The van der Waals surface area contributed by atoms with Crippen LogP contribution in [0.4, 0.5) is 0 Å². The average Bonchev–Trinajstić information content (AvgIpc) is 2.87. The Morgan fingerprint density at radius 2 is 2.14 bits per heavy atom. The van der Waals surface area contributed by atoms with E-state index in [1.807, 2.05) is 25.1 Å². The summed E-state index contributed by atoms with van der Waals surface area (Å²) >= 11 is 0. The van der Waals surface area contributed by atoms with Gasteiger partial charge in [0.15, 0.2) is 0 Å². The number of hydrogen-bond donors (Lipinski definition) is 1. The van der Waals surface area contributed by atoms with Crippen LogP contribution in [0.25, 0.3) is 0 Å². The molecule has 4 heteroatoms. The molecular formula is C17H19NO3. The predicted octanol–water partition coefficient (Wildman–Crippen LogP) is 2.57. The normalized spacial score (nSPS) is 16.4. The summed E-state index contributed by atoms with van der Waals surface area (Å²) in [6, 6.07) is 9.94. The topological polar surface area (TPSA) is 51.6 Å². The van der Waals surface area contributed by atoms with Gasteiger partial charge in [0, 0.05) is 12.1 Å². The maximum absolute atomic E-state index is 9.33. The molecule has 1 unspecified atom stereocenters. The molecule has 110 valence electrons. The Labute approximate surface area is 124 Å². The number of ether oxygens (including phenoxy) is 2. The minimum atomic E-state index is -0.123. The average molecular weight is 285 g/mol. The van der Waals surface area contributed by atoms with Gasteiger partial charge in [-0.3, -0.25) is 4.98 Å². The highest BCUT2D eigenvalue weighted by Gasteiger charge is 2.23. The first-order chi connectivity index (χ1) is 10.2. The third-order valence-corrected chi connectivity index (χ3v) is 3.60. The standard InChI is InChI=1S/C17H19NO3/c1-11-3-5-16-13(7-11)8-14(21-16)10-20-17-6-4-12(2)18-15(17)9-19/h3-7,14,19H,8-10H2,1-2H3. The molecule has 21 heavy (non-hydrogen) atoms. The van der Waals surface area contributed by atoms with Crippen LogP contribution in [0.3, 0.4) is 0 Å². The summed E-state index contributed by atoms with van der Waals surface area (Å²) in [7, 11) is 0. The van der Waals surface area contributed by atoms with Crippen LogP contribution in [0.1, 0.15) is 22.5 Å². The molecule has 3 rings (SSSR count). The molecule has 1 atom stereocenters. The molecule has 0 aliphatic carbocycles. The molecule has 0 bridgehead atoms. The first kappa shape index (κ1) is 13.9. The zero-order chi connectivity index (χ0) is 14.8. The van der Waals surface area contributed by atoms with Crippen LogP contribution in [0.5, 0.6) is 11.5 Å². The summed E-state index contributed by atoms with van der Waals surface area (Å²) in [5, 5.41) is 9.33. The van der Waals surface area contributed by atoms with Crippen molar-refractivity contribution in [2.45, 2.75) is 33.0 Å². The Hall–Kier alpha value is -2.07. The summed E-state index contributed by atoms with van der Waals surface area (Å²) < 4.78 is 11.7. The van der Waals surface area contributed by atoms with Crippen LogP contribution in [0, 0.1) is 13.8 Å². The molecule has 1 aliphatic rings. The van der Waals surface area contributed by atoms with Crippen LogP contribution in [0.15, 0.2) is 30.3 Å². The minimum Gasteiger partial charge on any atom is -0.488 e. The van der Waals surface area contributed by atoms with Gasteiger partial charge >= 0.3 is 0 Å². The number of rotatable bonds is 4. The summed E-state index contributed by atoms with van der Waals surface area (Å²) in [6.07, 6.45) is 0.861. The van der Waals surface area contributed by atoms with E-state index in [-0.39, 0.29) is 12.7 Å². The first-order valence-electron chi connectivity index (χ1n) is 7.12. The van der Waals surface area contributed by atoms with Gasteiger partial charge in [-0.2, -0.15) is 0 Å². The number of benzene rings is 1. The van der Waals surface area contributed by atoms with Gasteiger partial charge in [0.25, 0.3) is 0 Å². The fourth-order valence-corrected chi connectivity index (χ4v) is 2.57.